The first-order chi connectivity index (χ1) is 8.75. The smallest absolute Gasteiger partial charge is 0.188 e. The summed E-state index contributed by atoms with van der Waals surface area (Å²) in [4.78, 5) is 12.0. The average Bonchev–Trinajstić information content (AvgIpc) is 2.65. The molecule has 1 aromatic rings. The van der Waals surface area contributed by atoms with Crippen LogP contribution in [0.5, 0.6) is 0 Å². The van der Waals surface area contributed by atoms with E-state index >= 15 is 0 Å². The zero-order valence-electron chi connectivity index (χ0n) is 11.2. The van der Waals surface area contributed by atoms with Gasteiger partial charge in [0.2, 0.25) is 0 Å². The molecule has 2 heteroatoms. The molecule has 2 rings (SSSR count). The van der Waals surface area contributed by atoms with Crippen LogP contribution in [0.1, 0.15) is 54.4 Å². The Kier molecular flexibility index (Phi) is 4.94. The van der Waals surface area contributed by atoms with Gasteiger partial charge in [0.05, 0.1) is 6.10 Å². The van der Waals surface area contributed by atoms with E-state index in [2.05, 4.69) is 0 Å². The molecule has 0 radical (unpaired) electrons. The number of aryl methyl sites for hydroxylation is 1. The monoisotopic (exact) mass is 246 g/mol. The van der Waals surface area contributed by atoms with Crippen molar-refractivity contribution < 1.29 is 9.53 Å². The van der Waals surface area contributed by atoms with Crippen LogP contribution < -0.4 is 0 Å². The van der Waals surface area contributed by atoms with E-state index < -0.39 is 0 Å². The minimum absolute atomic E-state index is 0.0965. The average molecular weight is 246 g/mol. The van der Waals surface area contributed by atoms with Crippen molar-refractivity contribution in [3.8, 4) is 0 Å². The Bertz CT molecular complexity index is 373. The van der Waals surface area contributed by atoms with E-state index in [1.54, 1.807) is 0 Å². The standard InChI is InChI=1S/C16H22O2/c1-13-8-10-14(11-9-13)16(17)12-18-15-6-4-2-3-5-7-15/h8-11,15H,2-7,12H2,1H3. The third-order valence-electron chi connectivity index (χ3n) is 3.63. The molecule has 1 aliphatic carbocycles. The quantitative estimate of drug-likeness (QED) is 0.594. The molecule has 0 aliphatic heterocycles. The van der Waals surface area contributed by atoms with E-state index in [4.69, 9.17) is 4.74 Å². The third kappa shape index (κ3) is 3.95. The van der Waals surface area contributed by atoms with Crippen molar-refractivity contribution in [3.63, 3.8) is 0 Å². The first-order valence-electron chi connectivity index (χ1n) is 6.97. The summed E-state index contributed by atoms with van der Waals surface area (Å²) in [5.41, 5.74) is 1.94. The molecule has 0 spiro atoms. The van der Waals surface area contributed by atoms with Crippen molar-refractivity contribution in [2.75, 3.05) is 6.61 Å². The lowest BCUT2D eigenvalue weighted by atomic mass is 10.1. The van der Waals surface area contributed by atoms with Crippen LogP contribution in [-0.4, -0.2) is 18.5 Å². The van der Waals surface area contributed by atoms with Gasteiger partial charge in [-0.15, -0.1) is 0 Å². The van der Waals surface area contributed by atoms with Crippen LogP contribution >= 0.6 is 0 Å². The number of hydrogen-bond donors (Lipinski definition) is 0. The van der Waals surface area contributed by atoms with Crippen LogP contribution in [0.2, 0.25) is 0 Å². The predicted octanol–water partition coefficient (Wildman–Crippen LogP) is 3.92. The fourth-order valence-electron chi connectivity index (χ4n) is 2.42. The Hall–Kier alpha value is -1.15. The molecule has 98 valence electrons. The number of Topliss-reactive ketones (excluding diaryl/α,β-unsaturated/α-hetero) is 1. The summed E-state index contributed by atoms with van der Waals surface area (Å²) in [6.07, 6.45) is 7.62. The largest absolute Gasteiger partial charge is 0.370 e. The second-order valence-corrected chi connectivity index (χ2v) is 5.21. The molecule has 0 unspecified atom stereocenters. The second-order valence-electron chi connectivity index (χ2n) is 5.21. The minimum atomic E-state index is 0.0965. The molecule has 0 amide bonds. The van der Waals surface area contributed by atoms with Crippen LogP contribution in [0.4, 0.5) is 0 Å². The van der Waals surface area contributed by atoms with Crippen molar-refractivity contribution in [1.29, 1.82) is 0 Å². The summed E-state index contributed by atoms with van der Waals surface area (Å²) < 4.78 is 5.76. The Morgan fingerprint density at radius 2 is 1.72 bits per heavy atom. The molecule has 0 saturated heterocycles. The van der Waals surface area contributed by atoms with Crippen molar-refractivity contribution in [2.24, 2.45) is 0 Å². The van der Waals surface area contributed by atoms with E-state index in [9.17, 15) is 4.79 Å². The van der Waals surface area contributed by atoms with E-state index in [1.807, 2.05) is 31.2 Å². The van der Waals surface area contributed by atoms with Gasteiger partial charge in [0.15, 0.2) is 5.78 Å². The van der Waals surface area contributed by atoms with E-state index in [-0.39, 0.29) is 12.4 Å². The maximum absolute atomic E-state index is 12.0. The molecular weight excluding hydrogens is 224 g/mol. The molecule has 1 fully saturated rings. The van der Waals surface area contributed by atoms with Gasteiger partial charge in [-0.1, -0.05) is 55.5 Å². The number of ether oxygens (including phenoxy) is 1. The SMILES string of the molecule is Cc1ccc(C(=O)COC2CCCCCC2)cc1. The Balaban J connectivity index is 1.82. The fraction of sp³-hybridized carbons (Fsp3) is 0.562. The number of hydrogen-bond acceptors (Lipinski definition) is 2. The van der Waals surface area contributed by atoms with Crippen molar-refractivity contribution in [1.82, 2.24) is 0 Å². The number of carbonyl (C=O) groups excluding carboxylic acids is 1. The van der Waals surface area contributed by atoms with E-state index in [1.165, 1.54) is 31.2 Å². The topological polar surface area (TPSA) is 26.3 Å². The van der Waals surface area contributed by atoms with E-state index in [0.717, 1.165) is 18.4 Å². The highest BCUT2D eigenvalue weighted by Crippen LogP contribution is 2.20. The highest BCUT2D eigenvalue weighted by molar-refractivity contribution is 5.97. The van der Waals surface area contributed by atoms with Gasteiger partial charge in [0.25, 0.3) is 0 Å². The van der Waals surface area contributed by atoms with Gasteiger partial charge in [-0.3, -0.25) is 4.79 Å². The van der Waals surface area contributed by atoms with Crippen LogP contribution in [0.25, 0.3) is 0 Å². The van der Waals surface area contributed by atoms with Crippen LogP contribution in [-0.2, 0) is 4.74 Å². The normalized spacial score (nSPS) is 17.4. The van der Waals surface area contributed by atoms with Gasteiger partial charge in [-0.05, 0) is 19.8 Å². The zero-order chi connectivity index (χ0) is 12.8. The second kappa shape index (κ2) is 6.69. The molecule has 0 N–H and O–H groups in total. The van der Waals surface area contributed by atoms with E-state index in [0.29, 0.717) is 6.10 Å². The molecule has 0 atom stereocenters. The molecule has 0 bridgehead atoms. The molecule has 1 saturated carbocycles. The highest BCUT2D eigenvalue weighted by Gasteiger charge is 2.14. The number of carbonyl (C=O) groups is 1. The van der Waals surface area contributed by atoms with Gasteiger partial charge in [0.1, 0.15) is 6.61 Å². The summed E-state index contributed by atoms with van der Waals surface area (Å²) in [6, 6.07) is 7.71. The summed E-state index contributed by atoms with van der Waals surface area (Å²) in [5, 5.41) is 0. The van der Waals surface area contributed by atoms with Gasteiger partial charge in [-0.25, -0.2) is 0 Å². The number of ketones is 1. The summed E-state index contributed by atoms with van der Waals surface area (Å²) >= 11 is 0. The fourth-order valence-corrected chi connectivity index (χ4v) is 2.42. The van der Waals surface area contributed by atoms with Crippen LogP contribution in [0.15, 0.2) is 24.3 Å². The maximum Gasteiger partial charge on any atom is 0.188 e. The van der Waals surface area contributed by atoms with Crippen molar-refractivity contribution >= 4 is 5.78 Å². The van der Waals surface area contributed by atoms with Gasteiger partial charge >= 0.3 is 0 Å². The lowest BCUT2D eigenvalue weighted by Crippen LogP contribution is -2.18. The first-order valence-corrected chi connectivity index (χ1v) is 6.97. The minimum Gasteiger partial charge on any atom is -0.370 e. The summed E-state index contributed by atoms with van der Waals surface area (Å²) in [7, 11) is 0. The first kappa shape index (κ1) is 13.3. The molecule has 0 aromatic heterocycles. The molecule has 0 heterocycles. The van der Waals surface area contributed by atoms with Crippen molar-refractivity contribution in [3.05, 3.63) is 35.4 Å². The Morgan fingerprint density at radius 1 is 1.11 bits per heavy atom. The maximum atomic E-state index is 12.0. The summed E-state index contributed by atoms with van der Waals surface area (Å²) in [6.45, 7) is 2.25. The molecular formula is C16H22O2. The van der Waals surface area contributed by atoms with Crippen LogP contribution in [0, 0.1) is 6.92 Å². The molecule has 2 nitrogen and oxygen atoms in total. The zero-order valence-corrected chi connectivity index (χ0v) is 11.2. The molecule has 1 aromatic carbocycles. The predicted molar refractivity (Wildman–Crippen MR) is 73.0 cm³/mol. The summed E-state index contributed by atoms with van der Waals surface area (Å²) in [5.74, 6) is 0.0965. The lowest BCUT2D eigenvalue weighted by Gasteiger charge is -2.14. The van der Waals surface area contributed by atoms with Crippen molar-refractivity contribution in [2.45, 2.75) is 51.6 Å². The molecule has 18 heavy (non-hydrogen) atoms. The number of benzene rings is 1. The van der Waals surface area contributed by atoms with Crippen LogP contribution in [0.3, 0.4) is 0 Å². The number of rotatable bonds is 4. The Morgan fingerprint density at radius 3 is 2.33 bits per heavy atom. The lowest BCUT2D eigenvalue weighted by molar-refractivity contribution is 0.0389. The van der Waals surface area contributed by atoms with Gasteiger partial charge in [-0.2, -0.15) is 0 Å². The third-order valence-corrected chi connectivity index (χ3v) is 3.63. The Labute approximate surface area is 109 Å². The molecule has 1 aliphatic rings. The van der Waals surface area contributed by atoms with Gasteiger partial charge < -0.3 is 4.74 Å². The van der Waals surface area contributed by atoms with Gasteiger partial charge in [0, 0.05) is 5.56 Å². The highest BCUT2D eigenvalue weighted by atomic mass is 16.5.